The molecule has 11 heteroatoms. The highest BCUT2D eigenvalue weighted by molar-refractivity contribution is 6.21. The molecular weight excluding hydrogens is 614 g/mol. The minimum atomic E-state index is -4.76. The second-order valence-corrected chi connectivity index (χ2v) is 10.9. The Bertz CT molecular complexity index is 2560. The summed E-state index contributed by atoms with van der Waals surface area (Å²) in [6.07, 6.45) is -7.77. The largest absolute Gasteiger partial charge is 0.416 e. The lowest BCUT2D eigenvalue weighted by atomic mass is 9.99. The van der Waals surface area contributed by atoms with Crippen LogP contribution in [0.4, 0.5) is 35.1 Å². The maximum atomic E-state index is 14.2. The van der Waals surface area contributed by atoms with E-state index in [1.165, 1.54) is 18.2 Å². The highest BCUT2D eigenvalue weighted by atomic mass is 19.4. The van der Waals surface area contributed by atoms with E-state index in [4.69, 9.17) is 5.41 Å². The summed E-state index contributed by atoms with van der Waals surface area (Å²) in [4.78, 5) is 3.98. The van der Waals surface area contributed by atoms with Crippen LogP contribution in [-0.4, -0.2) is 0 Å². The van der Waals surface area contributed by atoms with Crippen molar-refractivity contribution in [1.29, 1.82) is 10.7 Å². The average Bonchev–Trinajstić information content (AvgIpc) is 3.45. The van der Waals surface area contributed by atoms with Crippen molar-refractivity contribution in [1.82, 2.24) is 0 Å². The lowest BCUT2D eigenvalue weighted by Crippen LogP contribution is -2.05. The van der Waals surface area contributed by atoms with Crippen LogP contribution in [-0.2, 0) is 12.4 Å². The van der Waals surface area contributed by atoms with E-state index in [2.05, 4.69) is 4.99 Å². The third-order valence-corrected chi connectivity index (χ3v) is 8.10. The molecule has 0 saturated heterocycles. The van der Waals surface area contributed by atoms with Crippen LogP contribution in [0.1, 0.15) is 11.1 Å². The fourth-order valence-electron chi connectivity index (χ4n) is 6.07. The van der Waals surface area contributed by atoms with Crippen LogP contribution < -0.4 is 10.7 Å². The summed E-state index contributed by atoms with van der Waals surface area (Å²) >= 11 is 0. The Morgan fingerprint density at radius 1 is 0.500 bits per heavy atom. The Labute approximate surface area is 253 Å². The number of alkyl halides is 6. The summed E-state index contributed by atoms with van der Waals surface area (Å²) in [7, 11) is 0. The maximum absolute atomic E-state index is 14.2. The van der Waals surface area contributed by atoms with Gasteiger partial charge in [-0.25, -0.2) is 8.78 Å². The summed E-state index contributed by atoms with van der Waals surface area (Å²) in [6.45, 7) is 0. The van der Waals surface area contributed by atoms with Gasteiger partial charge in [0.25, 0.3) is 0 Å². The Kier molecular flexibility index (Phi) is 6.29. The van der Waals surface area contributed by atoms with Gasteiger partial charge in [-0.15, -0.1) is 0 Å². The monoisotopic (exact) mass is 629 g/mol. The molecule has 7 rings (SSSR count). The molecule has 1 N–H and O–H groups in total. The van der Waals surface area contributed by atoms with Crippen LogP contribution in [0.25, 0.3) is 65.3 Å². The molecule has 3 nitrogen and oxygen atoms in total. The maximum Gasteiger partial charge on any atom is 0.416 e. The van der Waals surface area contributed by atoms with Crippen LogP contribution in [0.15, 0.2) is 89.9 Å². The molecule has 46 heavy (non-hydrogen) atoms. The second kappa shape index (κ2) is 9.94. The SMILES string of the molecule is N#C/N=c1\c2cc(-c3cc(F)cc(C(F)(F)F)c3)ccc2c2cc3c(cc12)c(=N)c1cc(-c2cc(F)cc(C(F)(F)F)c2)ccc13. The molecule has 0 unspecified atom stereocenters. The molecule has 0 spiro atoms. The zero-order chi connectivity index (χ0) is 32.7. The Balaban J connectivity index is 1.44. The van der Waals surface area contributed by atoms with Gasteiger partial charge in [0.1, 0.15) is 11.6 Å². The molecule has 0 radical (unpaired) electrons. The van der Waals surface area contributed by atoms with Crippen molar-refractivity contribution in [3.63, 3.8) is 0 Å². The Morgan fingerprint density at radius 2 is 0.935 bits per heavy atom. The average molecular weight is 630 g/mol. The Morgan fingerprint density at radius 3 is 1.46 bits per heavy atom. The number of rotatable bonds is 2. The van der Waals surface area contributed by atoms with Gasteiger partial charge in [-0.1, -0.05) is 24.3 Å². The van der Waals surface area contributed by atoms with Crippen LogP contribution in [0.5, 0.6) is 0 Å². The third-order valence-electron chi connectivity index (χ3n) is 8.10. The minimum Gasteiger partial charge on any atom is -0.300 e. The molecule has 0 amide bonds. The predicted molar refractivity (Wildman–Crippen MR) is 157 cm³/mol. The molecule has 0 heterocycles. The van der Waals surface area contributed by atoms with Gasteiger partial charge in [-0.3, -0.25) is 5.41 Å². The first-order valence-electron chi connectivity index (χ1n) is 13.5. The smallest absolute Gasteiger partial charge is 0.300 e. The number of fused-ring (bicyclic) bond motifs is 6. The number of hydrogen-bond donors (Lipinski definition) is 1. The topological polar surface area (TPSA) is 60.0 Å². The first-order chi connectivity index (χ1) is 21.7. The molecule has 0 saturated carbocycles. The van der Waals surface area contributed by atoms with E-state index in [1.807, 2.05) is 0 Å². The van der Waals surface area contributed by atoms with Crippen molar-refractivity contribution in [2.45, 2.75) is 12.4 Å². The van der Waals surface area contributed by atoms with Crippen LogP contribution in [0.2, 0.25) is 0 Å². The van der Waals surface area contributed by atoms with Crippen LogP contribution in [0.3, 0.4) is 0 Å². The normalized spacial score (nSPS) is 13.0. The second-order valence-electron chi connectivity index (χ2n) is 10.9. The molecule has 0 atom stereocenters. The Hall–Kier alpha value is -5.63. The van der Waals surface area contributed by atoms with Gasteiger partial charge in [0.2, 0.25) is 6.19 Å². The summed E-state index contributed by atoms with van der Waals surface area (Å²) in [5, 5.41) is 22.9. The predicted octanol–water partition coefficient (Wildman–Crippen LogP) is 9.69. The van der Waals surface area contributed by atoms with Gasteiger partial charge in [-0.2, -0.15) is 36.6 Å². The summed E-state index contributed by atoms with van der Waals surface area (Å²) in [5.74, 6) is -2.11. The minimum absolute atomic E-state index is 0.00445. The first-order valence-corrected chi connectivity index (χ1v) is 13.5. The van der Waals surface area contributed by atoms with E-state index in [0.29, 0.717) is 55.2 Å². The van der Waals surface area contributed by atoms with Crippen molar-refractivity contribution in [2.24, 2.45) is 4.99 Å². The molecule has 0 bridgehead atoms. The van der Waals surface area contributed by atoms with Crippen LogP contribution in [0, 0.1) is 28.5 Å². The van der Waals surface area contributed by atoms with E-state index >= 15 is 0 Å². The zero-order valence-electron chi connectivity index (χ0n) is 23.0. The molecule has 7 aromatic rings. The molecule has 0 aromatic heterocycles. The standard InChI is InChI=1S/C35H15F8N3/c36-22-7-18(5-20(11-22)34(38,39)40)16-1-3-24-26-13-27-25-4-2-17(19-6-21(35(41,42)43)12-23(37)8-19)10-30(25)33(46-15-44)31(27)14-29(26)32(45)28(24)9-16/h1-14,45H/b45-32?,46-33+. The van der Waals surface area contributed by atoms with Gasteiger partial charge in [0.15, 0.2) is 0 Å². The summed E-state index contributed by atoms with van der Waals surface area (Å²) in [6, 6.07) is 17.3. The van der Waals surface area contributed by atoms with Gasteiger partial charge >= 0.3 is 12.4 Å². The lowest BCUT2D eigenvalue weighted by Gasteiger charge is -2.10. The van der Waals surface area contributed by atoms with Gasteiger partial charge in [0.05, 0.1) is 21.8 Å². The van der Waals surface area contributed by atoms with Gasteiger partial charge in [0, 0.05) is 21.5 Å². The van der Waals surface area contributed by atoms with E-state index in [0.717, 1.165) is 24.3 Å². The molecule has 7 aromatic carbocycles. The van der Waals surface area contributed by atoms with E-state index in [-0.39, 0.29) is 33.0 Å². The fraction of sp³-hybridized carbons (Fsp3) is 0.0571. The number of nitrogens with zero attached hydrogens (tertiary/aromatic N) is 2. The highest BCUT2D eigenvalue weighted by Crippen LogP contribution is 2.38. The zero-order valence-corrected chi connectivity index (χ0v) is 23.0. The lowest BCUT2D eigenvalue weighted by molar-refractivity contribution is -0.138. The van der Waals surface area contributed by atoms with Crippen LogP contribution >= 0.6 is 0 Å². The van der Waals surface area contributed by atoms with Gasteiger partial charge < -0.3 is 0 Å². The third kappa shape index (κ3) is 4.65. The summed E-state index contributed by atoms with van der Waals surface area (Å²) in [5.41, 5.74) is -1.75. The summed E-state index contributed by atoms with van der Waals surface area (Å²) < 4.78 is 108. The first kappa shape index (κ1) is 29.1. The molecule has 0 fully saturated rings. The molecule has 226 valence electrons. The number of hydrogen-bond acceptors (Lipinski definition) is 3. The van der Waals surface area contributed by atoms with Crippen molar-refractivity contribution >= 4 is 43.1 Å². The fourth-order valence-corrected chi connectivity index (χ4v) is 6.07. The molecule has 0 aliphatic rings. The van der Waals surface area contributed by atoms with E-state index < -0.39 is 35.1 Å². The van der Waals surface area contributed by atoms with Crippen molar-refractivity contribution in [3.8, 4) is 28.4 Å². The van der Waals surface area contributed by atoms with E-state index in [1.54, 1.807) is 36.5 Å². The van der Waals surface area contributed by atoms with Crippen molar-refractivity contribution < 1.29 is 35.1 Å². The number of nitrogens with one attached hydrogen (secondary N) is 1. The molecule has 0 aliphatic carbocycles. The highest BCUT2D eigenvalue weighted by Gasteiger charge is 2.32. The van der Waals surface area contributed by atoms with Crippen molar-refractivity contribution in [2.75, 3.05) is 0 Å². The van der Waals surface area contributed by atoms with E-state index in [9.17, 15) is 40.4 Å². The van der Waals surface area contributed by atoms with Gasteiger partial charge in [-0.05, 0) is 104 Å². The number of benzene rings is 5. The quantitative estimate of drug-likeness (QED) is 0.150. The number of halogens is 8. The van der Waals surface area contributed by atoms with Crippen molar-refractivity contribution in [3.05, 3.63) is 118 Å². The molecule has 0 aliphatic heterocycles. The molecular formula is C35H15F8N3. The number of nitriles is 1.